The lowest BCUT2D eigenvalue weighted by Crippen LogP contribution is -2.46. The number of halogens is 1. The van der Waals surface area contributed by atoms with E-state index >= 15 is 0 Å². The average molecular weight is 330 g/mol. The first-order valence-electron chi connectivity index (χ1n) is 6.94. The molecule has 1 heterocycles. The van der Waals surface area contributed by atoms with Crippen molar-refractivity contribution in [3.05, 3.63) is 17.5 Å². The first kappa shape index (κ1) is 16.2. The molecule has 4 nitrogen and oxygen atoms in total. The lowest BCUT2D eigenvalue weighted by Gasteiger charge is -2.29. The average Bonchev–Trinajstić information content (AvgIpc) is 2.82. The molecule has 1 N–H and O–H groups in total. The fourth-order valence-electron chi connectivity index (χ4n) is 1.94. The highest BCUT2D eigenvalue weighted by atomic mass is 79.9. The number of rotatable bonds is 7. The predicted molar refractivity (Wildman–Crippen MR) is 81.9 cm³/mol. The molecule has 1 amide bonds. The highest BCUT2D eigenvalue weighted by Gasteiger charge is 2.25. The zero-order valence-corrected chi connectivity index (χ0v) is 13.9. The molecule has 108 valence electrons. The molecule has 1 aromatic heterocycles. The number of aryl methyl sites for hydroxylation is 2. The predicted octanol–water partition coefficient (Wildman–Crippen LogP) is 3.15. The van der Waals surface area contributed by atoms with Crippen molar-refractivity contribution in [1.29, 1.82) is 0 Å². The van der Waals surface area contributed by atoms with Crippen molar-refractivity contribution in [3.63, 3.8) is 0 Å². The number of nitrogens with one attached hydrogen (secondary N) is 1. The Morgan fingerprint density at radius 1 is 1.47 bits per heavy atom. The van der Waals surface area contributed by atoms with E-state index in [1.807, 2.05) is 19.9 Å². The lowest BCUT2D eigenvalue weighted by molar-refractivity contribution is 0.0891. The number of hydrogen-bond donors (Lipinski definition) is 1. The van der Waals surface area contributed by atoms with Gasteiger partial charge < -0.3 is 5.32 Å². The molecule has 1 rings (SSSR count). The maximum absolute atomic E-state index is 12.4. The molecule has 0 saturated carbocycles. The highest BCUT2D eigenvalue weighted by Crippen LogP contribution is 2.17. The Morgan fingerprint density at radius 2 is 2.16 bits per heavy atom. The van der Waals surface area contributed by atoms with Gasteiger partial charge in [-0.15, -0.1) is 0 Å². The molecule has 1 aromatic rings. The summed E-state index contributed by atoms with van der Waals surface area (Å²) in [5.74, 6) is -0.0284. The van der Waals surface area contributed by atoms with Gasteiger partial charge in [-0.1, -0.05) is 29.8 Å². The van der Waals surface area contributed by atoms with Crippen molar-refractivity contribution >= 4 is 21.8 Å². The Kier molecular flexibility index (Phi) is 6.04. The second kappa shape index (κ2) is 7.08. The molecule has 0 aliphatic carbocycles. The number of hydrogen-bond acceptors (Lipinski definition) is 2. The molecule has 0 fully saturated rings. The minimum absolute atomic E-state index is 0.0284. The van der Waals surface area contributed by atoms with E-state index in [-0.39, 0.29) is 11.4 Å². The Hall–Kier alpha value is -0.840. The second-order valence-electron chi connectivity index (χ2n) is 5.00. The molecular weight excluding hydrogens is 306 g/mol. The summed E-state index contributed by atoms with van der Waals surface area (Å²) in [4.78, 5) is 12.4. The number of alkyl halides is 1. The molecule has 0 bridgehead atoms. The number of carbonyl (C=O) groups is 1. The van der Waals surface area contributed by atoms with Crippen LogP contribution < -0.4 is 5.32 Å². The van der Waals surface area contributed by atoms with Crippen LogP contribution in [0.4, 0.5) is 0 Å². The molecule has 0 saturated heterocycles. The summed E-state index contributed by atoms with van der Waals surface area (Å²) in [5.41, 5.74) is 1.45. The fourth-order valence-corrected chi connectivity index (χ4v) is 2.82. The quantitative estimate of drug-likeness (QED) is 0.781. The van der Waals surface area contributed by atoms with Gasteiger partial charge in [0.2, 0.25) is 0 Å². The van der Waals surface area contributed by atoms with Crippen LogP contribution in [0.2, 0.25) is 0 Å². The third kappa shape index (κ3) is 4.06. The molecule has 1 unspecified atom stereocenters. The summed E-state index contributed by atoms with van der Waals surface area (Å²) in [6, 6.07) is 1.89. The van der Waals surface area contributed by atoms with Crippen LogP contribution in [0.25, 0.3) is 0 Å². The van der Waals surface area contributed by atoms with E-state index in [9.17, 15) is 4.79 Å². The summed E-state index contributed by atoms with van der Waals surface area (Å²) in [6.07, 6.45) is 2.67. The van der Waals surface area contributed by atoms with Crippen molar-refractivity contribution in [1.82, 2.24) is 15.1 Å². The largest absolute Gasteiger partial charge is 0.346 e. The van der Waals surface area contributed by atoms with Crippen LogP contribution in [0.3, 0.4) is 0 Å². The van der Waals surface area contributed by atoms with Crippen molar-refractivity contribution in [2.75, 3.05) is 5.33 Å². The molecule has 0 radical (unpaired) electrons. The van der Waals surface area contributed by atoms with E-state index in [0.29, 0.717) is 12.2 Å². The topological polar surface area (TPSA) is 46.9 Å². The van der Waals surface area contributed by atoms with E-state index in [1.54, 1.807) is 4.68 Å². The smallest absolute Gasteiger partial charge is 0.269 e. The molecule has 0 aliphatic heterocycles. The number of carbonyl (C=O) groups excluding carboxylic acids is 1. The van der Waals surface area contributed by atoms with E-state index in [1.165, 1.54) is 0 Å². The van der Waals surface area contributed by atoms with E-state index in [0.717, 1.165) is 30.3 Å². The highest BCUT2D eigenvalue weighted by molar-refractivity contribution is 9.09. The van der Waals surface area contributed by atoms with Gasteiger partial charge in [0.05, 0.1) is 5.69 Å². The molecule has 5 heteroatoms. The number of aromatic nitrogens is 2. The lowest BCUT2D eigenvalue weighted by atomic mass is 9.95. The zero-order valence-electron chi connectivity index (χ0n) is 12.3. The summed E-state index contributed by atoms with van der Waals surface area (Å²) in [5, 5.41) is 8.44. The first-order valence-corrected chi connectivity index (χ1v) is 8.07. The standard InChI is InChI=1S/C14H24BrN3O/c1-5-11-10-12(18(7-3)17-11)13(19)16-14(4,6-2)8-9-15/h10H,5-9H2,1-4H3,(H,16,19). The van der Waals surface area contributed by atoms with Crippen LogP contribution in [0.5, 0.6) is 0 Å². The summed E-state index contributed by atoms with van der Waals surface area (Å²) >= 11 is 3.45. The summed E-state index contributed by atoms with van der Waals surface area (Å²) in [7, 11) is 0. The van der Waals surface area contributed by atoms with Gasteiger partial charge in [0.1, 0.15) is 5.69 Å². The monoisotopic (exact) mass is 329 g/mol. The van der Waals surface area contributed by atoms with Crippen LogP contribution in [-0.2, 0) is 13.0 Å². The minimum Gasteiger partial charge on any atom is -0.346 e. The van der Waals surface area contributed by atoms with Crippen LogP contribution in [-0.4, -0.2) is 26.6 Å². The van der Waals surface area contributed by atoms with Gasteiger partial charge in [-0.05, 0) is 39.2 Å². The Morgan fingerprint density at radius 3 is 2.63 bits per heavy atom. The van der Waals surface area contributed by atoms with Crippen molar-refractivity contribution in [2.45, 2.75) is 59.0 Å². The molecule has 19 heavy (non-hydrogen) atoms. The van der Waals surface area contributed by atoms with Crippen molar-refractivity contribution in [3.8, 4) is 0 Å². The fraction of sp³-hybridized carbons (Fsp3) is 0.714. The second-order valence-corrected chi connectivity index (χ2v) is 5.79. The van der Waals surface area contributed by atoms with Gasteiger partial charge >= 0.3 is 0 Å². The number of amides is 1. The first-order chi connectivity index (χ1) is 8.99. The zero-order chi connectivity index (χ0) is 14.5. The third-order valence-corrected chi connectivity index (χ3v) is 3.96. The van der Waals surface area contributed by atoms with Gasteiger partial charge in [-0.2, -0.15) is 5.10 Å². The molecular formula is C14H24BrN3O. The Labute approximate surface area is 124 Å². The molecule has 0 spiro atoms. The number of nitrogens with zero attached hydrogens (tertiary/aromatic N) is 2. The third-order valence-electron chi connectivity index (χ3n) is 3.57. The van der Waals surface area contributed by atoms with Crippen LogP contribution in [0, 0.1) is 0 Å². The summed E-state index contributed by atoms with van der Waals surface area (Å²) in [6.45, 7) is 8.94. The Balaban J connectivity index is 2.90. The van der Waals surface area contributed by atoms with Gasteiger partial charge in [-0.3, -0.25) is 9.48 Å². The van der Waals surface area contributed by atoms with Gasteiger partial charge in [0.15, 0.2) is 0 Å². The SMILES string of the molecule is CCc1cc(C(=O)NC(C)(CC)CCBr)n(CC)n1. The van der Waals surface area contributed by atoms with E-state index in [2.05, 4.69) is 40.2 Å². The van der Waals surface area contributed by atoms with Crippen molar-refractivity contribution < 1.29 is 4.79 Å². The van der Waals surface area contributed by atoms with E-state index < -0.39 is 0 Å². The van der Waals surface area contributed by atoms with Gasteiger partial charge in [0.25, 0.3) is 5.91 Å². The van der Waals surface area contributed by atoms with Crippen LogP contribution in [0.15, 0.2) is 6.07 Å². The normalized spacial score (nSPS) is 14.2. The van der Waals surface area contributed by atoms with E-state index in [4.69, 9.17) is 0 Å². The minimum atomic E-state index is -0.171. The van der Waals surface area contributed by atoms with Crippen LogP contribution in [0.1, 0.15) is 56.7 Å². The van der Waals surface area contributed by atoms with Gasteiger partial charge in [-0.25, -0.2) is 0 Å². The maximum atomic E-state index is 12.4. The van der Waals surface area contributed by atoms with Crippen molar-refractivity contribution in [2.24, 2.45) is 0 Å². The molecule has 1 atom stereocenters. The molecule has 0 aliphatic rings. The summed E-state index contributed by atoms with van der Waals surface area (Å²) < 4.78 is 1.78. The molecule has 0 aromatic carbocycles. The maximum Gasteiger partial charge on any atom is 0.269 e. The van der Waals surface area contributed by atoms with Gasteiger partial charge in [0, 0.05) is 17.4 Å². The van der Waals surface area contributed by atoms with Crippen LogP contribution >= 0.6 is 15.9 Å². The Bertz CT molecular complexity index is 430.